The van der Waals surface area contributed by atoms with Crippen LogP contribution < -0.4 is 16.0 Å². The highest BCUT2D eigenvalue weighted by molar-refractivity contribution is 7.47. The molecule has 0 aliphatic carbocycles. The van der Waals surface area contributed by atoms with E-state index in [9.17, 15) is 88.7 Å². The molecule has 3 amide bonds. The fourth-order valence-electron chi connectivity index (χ4n) is 10.2. The fraction of sp³-hybridized carbons (Fsp3) is 0.947. The Bertz CT molecular complexity index is 2060. The van der Waals surface area contributed by atoms with Crippen LogP contribution in [0.2, 0.25) is 0 Å². The summed E-state index contributed by atoms with van der Waals surface area (Å²) < 4.78 is 126. The van der Waals surface area contributed by atoms with Crippen molar-refractivity contribution in [3.8, 4) is 0 Å². The lowest BCUT2D eigenvalue weighted by molar-refractivity contribution is -0.270. The van der Waals surface area contributed by atoms with Crippen molar-refractivity contribution in [2.45, 2.75) is 209 Å². The summed E-state index contributed by atoms with van der Waals surface area (Å²) in [5.41, 5.74) is -0.975. The molecule has 15 N–H and O–H groups in total. The van der Waals surface area contributed by atoms with Gasteiger partial charge in [-0.25, -0.2) is 13.7 Å². The molecule has 0 aromatic heterocycles. The molecule has 18 atom stereocenters. The van der Waals surface area contributed by atoms with Gasteiger partial charge in [0.1, 0.15) is 73.1 Å². The Hall–Kier alpha value is -2.02. The number of hydrogen-bond donors (Lipinski definition) is 15. The first-order chi connectivity index (χ1) is 46.1. The standard InChI is InChI=1S/C57H110N3O34P3/c1-39(64)58-45-51(70)48(67)42(32-61)92-54(45)83-23-11-5-8-14-26-86-95(73,74)89-29-17-20-80-36-57(35-79-4,37-81-21-18-30-90-96(75,76)87-27-15-9-6-12-24-84-55-46(59-40(2)65)52(71)49(68)43(33-62)93-55)38-82-22-19-31-91-97(77,78)88-28-16-10-7-13-25-85-56-47(60-41(3)66)53(72)50(69)44(34-63)94-56/h42-56,61-63,67-72H,5-38H2,1-4H3,(H,58,64)(H,59,65)(H,60,66)(H,73,74)(H,75,76)(H,77,78). The Morgan fingerprint density at radius 3 is 0.825 bits per heavy atom. The van der Waals surface area contributed by atoms with Crippen LogP contribution in [-0.2, 0) is 103 Å². The Labute approximate surface area is 565 Å². The van der Waals surface area contributed by atoms with Crippen LogP contribution in [0.15, 0.2) is 0 Å². The Balaban J connectivity index is 1.40. The van der Waals surface area contributed by atoms with E-state index in [0.717, 1.165) is 0 Å². The number of methoxy groups -OCH3 is 1. The van der Waals surface area contributed by atoms with Gasteiger partial charge in [0.25, 0.3) is 0 Å². The number of phosphoric ester groups is 3. The minimum absolute atomic E-state index is 0.0220. The molecular formula is C57H110N3O34P3. The van der Waals surface area contributed by atoms with Crippen LogP contribution in [0.4, 0.5) is 0 Å². The third kappa shape index (κ3) is 35.8. The summed E-state index contributed by atoms with van der Waals surface area (Å²) in [6.07, 6.45) is -8.69. The van der Waals surface area contributed by atoms with Gasteiger partial charge in [-0.3, -0.25) is 41.5 Å². The molecule has 0 saturated carbocycles. The molecule has 3 fully saturated rings. The number of carbonyl (C=O) groups excluding carboxylic acids is 3. The molecule has 0 aromatic rings. The van der Waals surface area contributed by atoms with E-state index < -0.39 is 158 Å². The predicted molar refractivity (Wildman–Crippen MR) is 335 cm³/mol. The van der Waals surface area contributed by atoms with Crippen molar-refractivity contribution in [3.05, 3.63) is 0 Å². The molecule has 3 aliphatic heterocycles. The first-order valence-corrected chi connectivity index (χ1v) is 37.2. The molecule has 0 bridgehead atoms. The summed E-state index contributed by atoms with van der Waals surface area (Å²) >= 11 is 0. The van der Waals surface area contributed by atoms with Gasteiger partial charge in [0.2, 0.25) is 17.7 Å². The zero-order valence-electron chi connectivity index (χ0n) is 55.9. The van der Waals surface area contributed by atoms with Crippen LogP contribution in [0.25, 0.3) is 0 Å². The number of carbonyl (C=O) groups is 3. The van der Waals surface area contributed by atoms with Crippen molar-refractivity contribution in [3.63, 3.8) is 0 Å². The highest BCUT2D eigenvalue weighted by Crippen LogP contribution is 2.45. The number of phosphoric acid groups is 3. The molecule has 3 rings (SSSR count). The van der Waals surface area contributed by atoms with Gasteiger partial charge >= 0.3 is 23.5 Å². The van der Waals surface area contributed by atoms with E-state index in [4.69, 9.17) is 74.5 Å². The Morgan fingerprint density at radius 2 is 0.598 bits per heavy atom. The van der Waals surface area contributed by atoms with Crippen LogP contribution in [-0.4, -0.2) is 303 Å². The summed E-state index contributed by atoms with van der Waals surface area (Å²) in [5, 5.41) is 98.0. The van der Waals surface area contributed by atoms with Gasteiger partial charge in [0, 0.05) is 67.5 Å². The SMILES string of the molecule is COCC(COCCCOP(=O)(O)OCCCCCCOC1OC(CO)C(O)C(O)C1NC(C)=O)(COCCCOP(=O)(O)OCCCCCCOC1OC(CO)C(O)C(O)C1NC(C)=O)COCCCOP(=O)(O)OCCCCCCOC1OC(CO)C(O)C(O)C1NC(C)=O. The largest absolute Gasteiger partial charge is 0.472 e. The number of aliphatic hydroxyl groups excluding tert-OH is 9. The highest BCUT2D eigenvalue weighted by Gasteiger charge is 2.48. The van der Waals surface area contributed by atoms with Gasteiger partial charge in [0.15, 0.2) is 18.9 Å². The van der Waals surface area contributed by atoms with Crippen molar-refractivity contribution >= 4 is 41.2 Å². The molecular weight excluding hydrogens is 1360 g/mol. The average Bonchev–Trinajstić information content (AvgIpc) is 0.837. The van der Waals surface area contributed by atoms with Gasteiger partial charge in [-0.15, -0.1) is 0 Å². The van der Waals surface area contributed by atoms with Gasteiger partial charge in [0.05, 0.1) is 91.3 Å². The first kappa shape index (κ1) is 89.2. The minimum atomic E-state index is -4.45. The van der Waals surface area contributed by atoms with E-state index in [-0.39, 0.29) is 125 Å². The van der Waals surface area contributed by atoms with Crippen LogP contribution >= 0.6 is 23.5 Å². The van der Waals surface area contributed by atoms with Crippen LogP contribution in [0.5, 0.6) is 0 Å². The molecule has 572 valence electrons. The second-order valence-corrected chi connectivity index (χ2v) is 28.1. The summed E-state index contributed by atoms with van der Waals surface area (Å²) in [6.45, 7) is 1.53. The second kappa shape index (κ2) is 48.8. The third-order valence-electron chi connectivity index (χ3n) is 15.2. The predicted octanol–water partition coefficient (Wildman–Crippen LogP) is -1.20. The zero-order chi connectivity index (χ0) is 71.9. The van der Waals surface area contributed by atoms with E-state index in [1.54, 1.807) is 0 Å². The monoisotopic (exact) mass is 1470 g/mol. The Kier molecular flexibility index (Phi) is 44.9. The number of ether oxygens (including phenoxy) is 10. The van der Waals surface area contributed by atoms with Crippen LogP contribution in [0.3, 0.4) is 0 Å². The molecule has 37 nitrogen and oxygen atoms in total. The van der Waals surface area contributed by atoms with E-state index in [2.05, 4.69) is 16.0 Å². The maximum Gasteiger partial charge on any atom is 0.472 e. The zero-order valence-corrected chi connectivity index (χ0v) is 58.6. The molecule has 18 unspecified atom stereocenters. The van der Waals surface area contributed by atoms with Gasteiger partial charge in [-0.05, 0) is 57.8 Å². The molecule has 3 aliphatic rings. The number of unbranched alkanes of at least 4 members (excludes halogenated alkanes) is 9. The van der Waals surface area contributed by atoms with Crippen molar-refractivity contribution in [1.29, 1.82) is 0 Å². The quantitative estimate of drug-likeness (QED) is 0.0251. The number of nitrogens with one attached hydrogen (secondary N) is 3. The first-order valence-electron chi connectivity index (χ1n) is 32.8. The molecule has 40 heteroatoms. The van der Waals surface area contributed by atoms with Crippen molar-refractivity contribution < 1.29 is 163 Å². The lowest BCUT2D eigenvalue weighted by Crippen LogP contribution is -2.64. The van der Waals surface area contributed by atoms with E-state index in [0.29, 0.717) is 77.0 Å². The maximum absolute atomic E-state index is 12.6. The fourth-order valence-corrected chi connectivity index (χ4v) is 12.6. The van der Waals surface area contributed by atoms with E-state index in [1.807, 2.05) is 0 Å². The number of hydrogen-bond acceptors (Lipinski definition) is 31. The van der Waals surface area contributed by atoms with Crippen LogP contribution in [0, 0.1) is 5.41 Å². The van der Waals surface area contributed by atoms with E-state index >= 15 is 0 Å². The summed E-state index contributed by atoms with van der Waals surface area (Å²) in [7, 11) is -11.9. The number of amides is 3. The lowest BCUT2D eigenvalue weighted by Gasteiger charge is -2.42. The summed E-state index contributed by atoms with van der Waals surface area (Å²) in [5.74, 6) is -1.45. The smallest absolute Gasteiger partial charge is 0.394 e. The maximum atomic E-state index is 12.6. The van der Waals surface area contributed by atoms with Crippen molar-refractivity contribution in [2.24, 2.45) is 5.41 Å². The van der Waals surface area contributed by atoms with E-state index in [1.165, 1.54) is 27.9 Å². The molecule has 0 aromatic carbocycles. The highest BCUT2D eigenvalue weighted by atomic mass is 31.2. The normalized spacial score (nSPS) is 28.6. The second-order valence-electron chi connectivity index (χ2n) is 23.7. The minimum Gasteiger partial charge on any atom is -0.394 e. The number of aliphatic hydroxyl groups is 9. The van der Waals surface area contributed by atoms with Crippen LogP contribution in [0.1, 0.15) is 117 Å². The Morgan fingerprint density at radius 1 is 0.361 bits per heavy atom. The lowest BCUT2D eigenvalue weighted by atomic mass is 9.92. The summed E-state index contributed by atoms with van der Waals surface area (Å²) in [6, 6.07) is -3.21. The molecule has 0 spiro atoms. The number of rotatable bonds is 56. The topological polar surface area (TPSA) is 529 Å². The third-order valence-corrected chi connectivity index (χ3v) is 18.3. The van der Waals surface area contributed by atoms with Gasteiger partial charge in [-0.2, -0.15) is 0 Å². The molecule has 3 heterocycles. The van der Waals surface area contributed by atoms with Gasteiger partial charge in [-0.1, -0.05) is 38.5 Å². The van der Waals surface area contributed by atoms with Crippen molar-refractivity contribution in [1.82, 2.24) is 16.0 Å². The molecule has 0 radical (unpaired) electrons. The molecule has 97 heavy (non-hydrogen) atoms. The average molecular weight is 1470 g/mol. The van der Waals surface area contributed by atoms with Gasteiger partial charge < -0.3 is 124 Å². The van der Waals surface area contributed by atoms with Crippen molar-refractivity contribution in [2.75, 3.05) is 133 Å². The molecule has 3 saturated heterocycles. The summed E-state index contributed by atoms with van der Waals surface area (Å²) in [4.78, 5) is 65.9.